The molecule has 4 fully saturated rings. The van der Waals surface area contributed by atoms with Crippen LogP contribution in [-0.2, 0) is 4.79 Å². The number of nitrogens with zero attached hydrogens (tertiary/aromatic N) is 2. The van der Waals surface area contributed by atoms with E-state index in [9.17, 15) is 4.79 Å². The lowest BCUT2D eigenvalue weighted by Crippen LogP contribution is -2.58. The van der Waals surface area contributed by atoms with Crippen LogP contribution in [0, 0.1) is 29.6 Å². The van der Waals surface area contributed by atoms with Crippen molar-refractivity contribution in [3.63, 3.8) is 0 Å². The summed E-state index contributed by atoms with van der Waals surface area (Å²) in [5, 5.41) is 10.8. The lowest BCUT2D eigenvalue weighted by molar-refractivity contribution is -0.129. The van der Waals surface area contributed by atoms with Gasteiger partial charge in [0.25, 0.3) is 0 Å². The summed E-state index contributed by atoms with van der Waals surface area (Å²) in [7, 11) is 0. The summed E-state index contributed by atoms with van der Waals surface area (Å²) in [5.74, 6) is 2.93. The zero-order chi connectivity index (χ0) is 15.7. The van der Waals surface area contributed by atoms with Gasteiger partial charge in [0.1, 0.15) is 0 Å². The minimum atomic E-state index is 0.244. The minimum Gasteiger partial charge on any atom is -0.342 e. The van der Waals surface area contributed by atoms with Gasteiger partial charge in [0, 0.05) is 30.5 Å². The lowest BCUT2D eigenvalue weighted by atomic mass is 9.66. The minimum absolute atomic E-state index is 0.244. The molecular weight excluding hydrogens is 294 g/mol. The molecule has 0 spiro atoms. The average Bonchev–Trinajstić information content (AvgIpc) is 3.21. The van der Waals surface area contributed by atoms with Crippen molar-refractivity contribution in [3.05, 3.63) is 0 Å². The summed E-state index contributed by atoms with van der Waals surface area (Å²) in [5.41, 5.74) is 0.244. The number of nitrogens with one attached hydrogen (secondary N) is 1. The van der Waals surface area contributed by atoms with Crippen LogP contribution in [0.1, 0.15) is 44.9 Å². The fraction of sp³-hybridized carbons (Fsp3) is 0.882. The third-order valence-corrected chi connectivity index (χ3v) is 6.77. The molecule has 4 rings (SSSR count). The summed E-state index contributed by atoms with van der Waals surface area (Å²) in [6.07, 6.45) is 8.94. The third-order valence-electron chi connectivity index (χ3n) is 6.38. The van der Waals surface area contributed by atoms with Gasteiger partial charge >= 0.3 is 0 Å². The number of fused-ring (bicyclic) bond motifs is 1. The summed E-state index contributed by atoms with van der Waals surface area (Å²) in [6, 6.07) is 0. The van der Waals surface area contributed by atoms with E-state index in [-0.39, 0.29) is 5.54 Å². The van der Waals surface area contributed by atoms with Crippen LogP contribution in [0.3, 0.4) is 0 Å². The first kappa shape index (κ1) is 16.1. The van der Waals surface area contributed by atoms with Crippen molar-refractivity contribution in [1.82, 2.24) is 10.2 Å². The fourth-order valence-corrected chi connectivity index (χ4v) is 6.30. The smallest absolute Gasteiger partial charge is 0.236 e. The Kier molecular flexibility index (Phi) is 4.70. The van der Waals surface area contributed by atoms with E-state index < -0.39 is 0 Å². The van der Waals surface area contributed by atoms with Crippen molar-refractivity contribution in [2.45, 2.75) is 55.7 Å². The van der Waals surface area contributed by atoms with Crippen molar-refractivity contribution < 1.29 is 4.79 Å². The van der Waals surface area contributed by atoms with Crippen LogP contribution < -0.4 is 5.32 Å². The first-order valence-electron chi connectivity index (χ1n) is 8.63. The molecule has 0 aromatic rings. The van der Waals surface area contributed by atoms with Gasteiger partial charge in [0.05, 0.1) is 6.54 Å². The zero-order valence-electron chi connectivity index (χ0n) is 13.2. The van der Waals surface area contributed by atoms with Crippen LogP contribution in [0.2, 0.25) is 0 Å². The molecule has 122 valence electrons. The summed E-state index contributed by atoms with van der Waals surface area (Å²) in [4.78, 5) is 14.3. The quantitative estimate of drug-likeness (QED) is 0.784. The summed E-state index contributed by atoms with van der Waals surface area (Å²) < 4.78 is 0. The number of hydrogen-bond donors (Lipinski definition) is 2. The highest BCUT2D eigenvalue weighted by molar-refractivity contribution is 7.80. The topological polar surface area (TPSA) is 56.1 Å². The van der Waals surface area contributed by atoms with Crippen LogP contribution in [0.4, 0.5) is 0 Å². The molecule has 1 aliphatic heterocycles. The Labute approximate surface area is 139 Å². The van der Waals surface area contributed by atoms with E-state index in [0.717, 1.165) is 30.8 Å². The average molecular weight is 321 g/mol. The number of nitriles is 1. The van der Waals surface area contributed by atoms with E-state index in [1.165, 1.54) is 44.9 Å². The van der Waals surface area contributed by atoms with Crippen molar-refractivity contribution in [1.29, 1.82) is 5.26 Å². The van der Waals surface area contributed by atoms with Crippen molar-refractivity contribution in [2.24, 2.45) is 17.8 Å². The standard InChI is InChI=1S/C16H26N2OS.CHN/c19-15(18-3-1-2-4-18)10-17-16-8-11-5-12(14(16)6-11)7-13(20)9-16;1-2/h11-14,17,20H,1-10H2;1H/t11?,12?,13-,14?,16?;/m1./s1. The predicted molar refractivity (Wildman–Crippen MR) is 89.5 cm³/mol. The van der Waals surface area contributed by atoms with Gasteiger partial charge in [-0.15, -0.1) is 0 Å². The van der Waals surface area contributed by atoms with Crippen molar-refractivity contribution in [2.75, 3.05) is 19.6 Å². The SMILES string of the molecule is C#N.O=C(CNC12CC3CC(C[C@@H](S)C1)C2C3)N1CCCC1. The zero-order valence-corrected chi connectivity index (χ0v) is 14.1. The molecule has 0 radical (unpaired) electrons. The van der Waals surface area contributed by atoms with E-state index in [0.29, 0.717) is 17.7 Å². The maximum absolute atomic E-state index is 12.3. The molecule has 5 atom stereocenters. The van der Waals surface area contributed by atoms with Gasteiger partial charge in [-0.2, -0.15) is 12.6 Å². The molecule has 22 heavy (non-hydrogen) atoms. The highest BCUT2D eigenvalue weighted by Crippen LogP contribution is 2.60. The maximum atomic E-state index is 12.3. The first-order chi connectivity index (χ1) is 10.7. The molecule has 0 aromatic heterocycles. The summed E-state index contributed by atoms with van der Waals surface area (Å²) >= 11 is 4.78. The Balaban J connectivity index is 0.000000693. The second kappa shape index (κ2) is 6.41. The number of hydrogen-bond acceptors (Lipinski definition) is 4. The Bertz CT molecular complexity index is 448. The molecular formula is C17H27N3OS. The number of carbonyl (C=O) groups is 1. The molecule has 5 heteroatoms. The maximum Gasteiger partial charge on any atom is 0.236 e. The van der Waals surface area contributed by atoms with Gasteiger partial charge in [-0.1, -0.05) is 0 Å². The van der Waals surface area contributed by atoms with E-state index in [1.54, 1.807) is 0 Å². The largest absolute Gasteiger partial charge is 0.342 e. The monoisotopic (exact) mass is 321 g/mol. The van der Waals surface area contributed by atoms with Gasteiger partial charge in [-0.3, -0.25) is 4.79 Å². The molecule has 4 unspecified atom stereocenters. The normalized spacial score (nSPS) is 42.0. The van der Waals surface area contributed by atoms with Gasteiger partial charge < -0.3 is 10.2 Å². The number of carbonyl (C=O) groups excluding carboxylic acids is 1. The second-order valence-corrected chi connectivity index (χ2v) is 8.33. The Morgan fingerprint density at radius 1 is 1.23 bits per heavy atom. The molecule has 4 nitrogen and oxygen atoms in total. The highest BCUT2D eigenvalue weighted by atomic mass is 32.1. The lowest BCUT2D eigenvalue weighted by Gasteiger charge is -2.49. The van der Waals surface area contributed by atoms with Crippen molar-refractivity contribution >= 4 is 18.5 Å². The Morgan fingerprint density at radius 3 is 2.64 bits per heavy atom. The Hall–Kier alpha value is -0.730. The fourth-order valence-electron chi connectivity index (χ4n) is 5.70. The summed E-state index contributed by atoms with van der Waals surface area (Å²) in [6.45, 7) is 5.99. The molecule has 1 saturated heterocycles. The number of rotatable bonds is 3. The predicted octanol–water partition coefficient (Wildman–Crippen LogP) is 2.22. The second-order valence-electron chi connectivity index (χ2n) is 7.60. The number of likely N-dealkylation sites (tertiary alicyclic amines) is 1. The molecule has 4 aliphatic rings. The molecule has 0 aromatic carbocycles. The van der Waals surface area contributed by atoms with Gasteiger partial charge in [-0.25, -0.2) is 5.26 Å². The molecule has 1 N–H and O–H groups in total. The molecule has 3 aliphatic carbocycles. The molecule has 2 bridgehead atoms. The van der Waals surface area contributed by atoms with Crippen LogP contribution >= 0.6 is 12.6 Å². The first-order valence-corrected chi connectivity index (χ1v) is 9.15. The van der Waals surface area contributed by atoms with E-state index in [4.69, 9.17) is 17.9 Å². The van der Waals surface area contributed by atoms with Crippen LogP contribution in [0.5, 0.6) is 0 Å². The van der Waals surface area contributed by atoms with Crippen LogP contribution in [0.25, 0.3) is 0 Å². The van der Waals surface area contributed by atoms with E-state index >= 15 is 0 Å². The van der Waals surface area contributed by atoms with Crippen LogP contribution in [-0.4, -0.2) is 41.2 Å². The third kappa shape index (κ3) is 2.76. The van der Waals surface area contributed by atoms with Gasteiger partial charge in [-0.05, 0) is 62.7 Å². The van der Waals surface area contributed by atoms with Crippen molar-refractivity contribution in [3.8, 4) is 6.57 Å². The number of thiol groups is 1. The van der Waals surface area contributed by atoms with E-state index in [2.05, 4.69) is 11.9 Å². The van der Waals surface area contributed by atoms with Crippen LogP contribution in [0.15, 0.2) is 0 Å². The number of amides is 1. The molecule has 1 amide bonds. The molecule has 1 heterocycles. The van der Waals surface area contributed by atoms with Gasteiger partial charge in [0.2, 0.25) is 5.91 Å². The van der Waals surface area contributed by atoms with Gasteiger partial charge in [0.15, 0.2) is 0 Å². The Morgan fingerprint density at radius 2 is 1.95 bits per heavy atom. The molecule has 3 saturated carbocycles. The highest BCUT2D eigenvalue weighted by Gasteiger charge is 2.58. The van der Waals surface area contributed by atoms with E-state index in [1.807, 2.05) is 4.90 Å².